The number of benzene rings is 2. The van der Waals surface area contributed by atoms with Crippen molar-refractivity contribution in [1.29, 1.82) is 0 Å². The van der Waals surface area contributed by atoms with Gasteiger partial charge in [-0.3, -0.25) is 4.79 Å². The second-order valence-electron chi connectivity index (χ2n) is 5.85. The molecule has 0 aliphatic carbocycles. The van der Waals surface area contributed by atoms with Crippen LogP contribution in [0.5, 0.6) is 11.5 Å². The first-order valence-corrected chi connectivity index (χ1v) is 9.90. The molecule has 1 amide bonds. The molecule has 8 nitrogen and oxygen atoms in total. The van der Waals surface area contributed by atoms with E-state index in [4.69, 9.17) is 10.5 Å². The lowest BCUT2D eigenvalue weighted by Crippen LogP contribution is -2.35. The number of carboxylic acid groups (broad SMARTS) is 1. The van der Waals surface area contributed by atoms with Crippen LogP contribution in [-0.4, -0.2) is 34.6 Å². The Hall–Kier alpha value is -2.75. The highest BCUT2D eigenvalue weighted by Crippen LogP contribution is 2.37. The van der Waals surface area contributed by atoms with E-state index in [0.29, 0.717) is 18.0 Å². The third kappa shape index (κ3) is 5.88. The molecule has 0 aliphatic heterocycles. The molecule has 0 saturated carbocycles. The highest BCUT2D eigenvalue weighted by Gasteiger charge is 2.27. The molecule has 0 fully saturated rings. The summed E-state index contributed by atoms with van der Waals surface area (Å²) in [7, 11) is 0. The fraction of sp³-hybridized carbons (Fsp3) is 0.263. The molecule has 0 aromatic heterocycles. The van der Waals surface area contributed by atoms with Crippen LogP contribution in [-0.2, 0) is 16.2 Å². The van der Waals surface area contributed by atoms with E-state index in [1.807, 2.05) is 13.0 Å². The van der Waals surface area contributed by atoms with Gasteiger partial charge in [0.25, 0.3) is 5.91 Å². The van der Waals surface area contributed by atoms with Gasteiger partial charge in [0.05, 0.1) is 17.8 Å². The number of nitrogens with one attached hydrogen (secondary N) is 2. The van der Waals surface area contributed by atoms with E-state index < -0.39 is 23.2 Å². The van der Waals surface area contributed by atoms with Gasteiger partial charge in [0.2, 0.25) is 10.6 Å². The minimum absolute atomic E-state index is 0.0320. The van der Waals surface area contributed by atoms with E-state index in [9.17, 15) is 19.2 Å². The van der Waals surface area contributed by atoms with Crippen LogP contribution >= 0.6 is 0 Å². The molecular weight excluding hydrogens is 382 g/mol. The molecular formula is C19H23N3O5S. The summed E-state index contributed by atoms with van der Waals surface area (Å²) in [5.74, 6) is -1.16. The molecule has 2 aromatic carbocycles. The molecule has 0 bridgehead atoms. The second kappa shape index (κ2) is 10.5. The van der Waals surface area contributed by atoms with Gasteiger partial charge in [-0.25, -0.2) is 4.79 Å². The van der Waals surface area contributed by atoms with Gasteiger partial charge in [0.1, 0.15) is 17.1 Å². The predicted octanol–water partition coefficient (Wildman–Crippen LogP) is 2.49. The topological polar surface area (TPSA) is 137 Å². The average Bonchev–Trinajstić information content (AvgIpc) is 2.69. The van der Waals surface area contributed by atoms with Crippen LogP contribution in [0.15, 0.2) is 47.4 Å². The molecule has 9 heteroatoms. The van der Waals surface area contributed by atoms with Gasteiger partial charge in [0.15, 0.2) is 0 Å². The predicted molar refractivity (Wildman–Crippen MR) is 107 cm³/mol. The normalized spacial score (nSPS) is 11.5. The minimum Gasteiger partial charge on any atom is -0.588 e. The van der Waals surface area contributed by atoms with E-state index in [2.05, 4.69) is 10.0 Å². The molecule has 5 N–H and O–H groups in total. The van der Waals surface area contributed by atoms with Gasteiger partial charge < -0.3 is 25.4 Å². The van der Waals surface area contributed by atoms with Crippen molar-refractivity contribution in [2.75, 3.05) is 18.4 Å². The molecule has 28 heavy (non-hydrogen) atoms. The molecule has 0 aliphatic rings. The van der Waals surface area contributed by atoms with Crippen LogP contribution in [0.3, 0.4) is 0 Å². The second-order valence-corrected chi connectivity index (χ2v) is 7.03. The summed E-state index contributed by atoms with van der Waals surface area (Å²) in [4.78, 5) is 23.1. The maximum Gasteiger partial charge on any atom is 0.335 e. The van der Waals surface area contributed by atoms with Gasteiger partial charge in [0, 0.05) is 12.6 Å². The Labute approximate surface area is 166 Å². The average molecular weight is 405 g/mol. The first kappa shape index (κ1) is 21.5. The van der Waals surface area contributed by atoms with Gasteiger partial charge in [-0.05, 0) is 24.6 Å². The van der Waals surface area contributed by atoms with Crippen molar-refractivity contribution in [3.8, 4) is 11.5 Å². The molecule has 1 unspecified atom stereocenters. The van der Waals surface area contributed by atoms with Crippen LogP contribution in [0.25, 0.3) is 0 Å². The highest BCUT2D eigenvalue weighted by atomic mass is 32.2. The lowest BCUT2D eigenvalue weighted by Gasteiger charge is -2.18. The first-order valence-electron chi connectivity index (χ1n) is 8.75. The van der Waals surface area contributed by atoms with Crippen LogP contribution in [0.2, 0.25) is 0 Å². The number of carbonyl (C=O) groups is 2. The molecule has 1 atom stereocenters. The number of hydrogen-bond donors (Lipinski definition) is 4. The Bertz CT molecular complexity index is 817. The third-order valence-electron chi connectivity index (χ3n) is 3.70. The number of ether oxygens (including phenoxy) is 1. The number of carboxylic acids is 1. The fourth-order valence-corrected chi connectivity index (χ4v) is 3.26. The minimum atomic E-state index is -2.05. The zero-order valence-electron chi connectivity index (χ0n) is 15.4. The Morgan fingerprint density at radius 1 is 1.25 bits per heavy atom. The van der Waals surface area contributed by atoms with E-state index in [0.717, 1.165) is 12.8 Å². The summed E-state index contributed by atoms with van der Waals surface area (Å²) < 4.78 is 20.9. The summed E-state index contributed by atoms with van der Waals surface area (Å²) >= 11 is -2.05. The number of carbonyl (C=O) groups excluding carboxylic acids is 1. The SMILES string of the molecule is CCCCNc1cc(C(=O)O)cc([S+]([O-])NC(=O)CN)c1Oc1ccccc1. The Balaban J connectivity index is 2.52. The quantitative estimate of drug-likeness (QED) is 0.352. The Morgan fingerprint density at radius 2 is 1.96 bits per heavy atom. The zero-order chi connectivity index (χ0) is 20.5. The van der Waals surface area contributed by atoms with E-state index in [-0.39, 0.29) is 22.8 Å². The molecule has 0 saturated heterocycles. The van der Waals surface area contributed by atoms with Crippen LogP contribution < -0.4 is 20.5 Å². The van der Waals surface area contributed by atoms with Gasteiger partial charge in [-0.1, -0.05) is 31.5 Å². The Morgan fingerprint density at radius 3 is 2.57 bits per heavy atom. The molecule has 0 radical (unpaired) electrons. The van der Waals surface area contributed by atoms with Crippen molar-refractivity contribution in [2.24, 2.45) is 5.73 Å². The van der Waals surface area contributed by atoms with E-state index in [1.165, 1.54) is 12.1 Å². The zero-order valence-corrected chi connectivity index (χ0v) is 16.3. The van der Waals surface area contributed by atoms with Crippen molar-refractivity contribution in [1.82, 2.24) is 4.72 Å². The van der Waals surface area contributed by atoms with Gasteiger partial charge >= 0.3 is 5.97 Å². The van der Waals surface area contributed by atoms with Crippen molar-refractivity contribution >= 4 is 28.9 Å². The number of amides is 1. The van der Waals surface area contributed by atoms with Crippen molar-refractivity contribution in [3.63, 3.8) is 0 Å². The molecule has 2 aromatic rings. The third-order valence-corrected chi connectivity index (χ3v) is 4.82. The van der Waals surface area contributed by atoms with Crippen LogP contribution in [0.1, 0.15) is 30.1 Å². The standard InChI is InChI=1S/C19H23N3O5S/c1-2-3-9-21-15-10-13(19(24)25)11-16(28(26)22-17(23)12-20)18(15)27-14-7-5-4-6-8-14/h4-8,10-11,21H,2-3,9,12,20H2,1H3,(H,22,23)(H,24,25). The maximum atomic E-state index is 12.7. The number of anilines is 1. The number of unbranched alkanes of at least 4 members (excludes halogenated alkanes) is 1. The van der Waals surface area contributed by atoms with E-state index >= 15 is 0 Å². The Kier molecular flexibility index (Phi) is 8.12. The number of aromatic carboxylic acids is 1. The summed E-state index contributed by atoms with van der Waals surface area (Å²) in [5.41, 5.74) is 5.56. The molecule has 0 heterocycles. The lowest BCUT2D eigenvalue weighted by molar-refractivity contribution is -0.118. The van der Waals surface area contributed by atoms with Crippen molar-refractivity contribution in [2.45, 2.75) is 24.7 Å². The smallest absolute Gasteiger partial charge is 0.335 e. The first-order chi connectivity index (χ1) is 13.5. The number of hydrogen-bond acceptors (Lipinski definition) is 6. The van der Waals surface area contributed by atoms with Crippen molar-refractivity contribution < 1.29 is 24.0 Å². The summed E-state index contributed by atoms with van der Waals surface area (Å²) in [6, 6.07) is 11.4. The maximum absolute atomic E-state index is 12.7. The largest absolute Gasteiger partial charge is 0.588 e. The number of nitrogens with two attached hydrogens (primary N) is 1. The highest BCUT2D eigenvalue weighted by molar-refractivity contribution is 7.90. The summed E-state index contributed by atoms with van der Waals surface area (Å²) in [5, 5.41) is 12.6. The van der Waals surface area contributed by atoms with E-state index in [1.54, 1.807) is 24.3 Å². The molecule has 150 valence electrons. The molecule has 0 spiro atoms. The van der Waals surface area contributed by atoms with Crippen LogP contribution in [0, 0.1) is 0 Å². The van der Waals surface area contributed by atoms with Gasteiger partial charge in [-0.15, -0.1) is 0 Å². The summed E-state index contributed by atoms with van der Waals surface area (Å²) in [6.45, 7) is 2.26. The molecule has 2 rings (SSSR count). The number of rotatable bonds is 10. The number of para-hydroxylation sites is 1. The van der Waals surface area contributed by atoms with Gasteiger partial charge in [-0.2, -0.15) is 4.72 Å². The monoisotopic (exact) mass is 405 g/mol. The van der Waals surface area contributed by atoms with Crippen LogP contribution in [0.4, 0.5) is 5.69 Å². The summed E-state index contributed by atoms with van der Waals surface area (Å²) in [6.07, 6.45) is 1.79. The van der Waals surface area contributed by atoms with Crippen molar-refractivity contribution in [3.05, 3.63) is 48.0 Å². The fourth-order valence-electron chi connectivity index (χ4n) is 2.31. The lowest BCUT2D eigenvalue weighted by atomic mass is 10.1.